The molecule has 4 nitrogen and oxygen atoms in total. The second-order valence-corrected chi connectivity index (χ2v) is 4.23. The van der Waals surface area contributed by atoms with Gasteiger partial charge in [0.05, 0.1) is 13.3 Å². The first-order valence-corrected chi connectivity index (χ1v) is 6.28. The lowest BCUT2D eigenvalue weighted by atomic mass is 10.2. The van der Waals surface area contributed by atoms with Gasteiger partial charge in [0.2, 0.25) is 5.95 Å². The fraction of sp³-hybridized carbons (Fsp3) is 0.357. The van der Waals surface area contributed by atoms with Crippen molar-refractivity contribution >= 4 is 12.4 Å². The van der Waals surface area contributed by atoms with Crippen molar-refractivity contribution in [3.05, 3.63) is 47.5 Å². The van der Waals surface area contributed by atoms with E-state index in [2.05, 4.69) is 10.4 Å². The average Bonchev–Trinajstić information content (AvgIpc) is 2.80. The summed E-state index contributed by atoms with van der Waals surface area (Å²) in [5.41, 5.74) is 1.72. The molecule has 1 aromatic carbocycles. The summed E-state index contributed by atoms with van der Waals surface area (Å²) in [6.45, 7) is 3.56. The fourth-order valence-electron chi connectivity index (χ4n) is 1.83. The van der Waals surface area contributed by atoms with Crippen molar-refractivity contribution in [3.8, 4) is 5.75 Å². The number of ether oxygens (including phenoxy) is 1. The summed E-state index contributed by atoms with van der Waals surface area (Å²) < 4.78 is 20.1. The van der Waals surface area contributed by atoms with Crippen molar-refractivity contribution in [1.29, 1.82) is 0 Å². The van der Waals surface area contributed by atoms with Crippen molar-refractivity contribution < 1.29 is 9.13 Å². The lowest BCUT2D eigenvalue weighted by molar-refractivity contribution is 0.414. The average molecular weight is 300 g/mol. The minimum absolute atomic E-state index is 0. The number of nitrogens with one attached hydrogen (secondary N) is 1. The van der Waals surface area contributed by atoms with Crippen LogP contribution in [0, 0.1) is 5.95 Å². The molecule has 0 saturated carbocycles. The Morgan fingerprint density at radius 1 is 1.25 bits per heavy atom. The van der Waals surface area contributed by atoms with Crippen LogP contribution in [0.4, 0.5) is 4.39 Å². The molecule has 2 aromatic rings. The van der Waals surface area contributed by atoms with Crippen LogP contribution < -0.4 is 10.1 Å². The predicted octanol–water partition coefficient (Wildman–Crippen LogP) is 2.76. The van der Waals surface area contributed by atoms with Gasteiger partial charge in [0.15, 0.2) is 0 Å². The Morgan fingerprint density at radius 2 is 1.95 bits per heavy atom. The van der Waals surface area contributed by atoms with Gasteiger partial charge in [-0.1, -0.05) is 12.1 Å². The maximum absolute atomic E-state index is 13.7. The van der Waals surface area contributed by atoms with Crippen LogP contribution in [0.15, 0.2) is 30.5 Å². The Kier molecular flexibility index (Phi) is 6.48. The molecule has 0 amide bonds. The number of aromatic nitrogens is 2. The molecule has 0 bridgehead atoms. The van der Waals surface area contributed by atoms with E-state index in [9.17, 15) is 4.39 Å². The number of hydrogen-bond acceptors (Lipinski definition) is 3. The zero-order chi connectivity index (χ0) is 13.7. The molecule has 0 aliphatic rings. The highest BCUT2D eigenvalue weighted by molar-refractivity contribution is 5.85. The van der Waals surface area contributed by atoms with Gasteiger partial charge in [-0.25, -0.2) is 4.68 Å². The molecule has 0 spiro atoms. The minimum Gasteiger partial charge on any atom is -0.497 e. The van der Waals surface area contributed by atoms with Crippen LogP contribution in [0.25, 0.3) is 0 Å². The maximum atomic E-state index is 13.7. The molecule has 20 heavy (non-hydrogen) atoms. The number of halogens is 2. The zero-order valence-corrected chi connectivity index (χ0v) is 12.4. The summed E-state index contributed by atoms with van der Waals surface area (Å²) in [5.74, 6) is 0.573. The highest BCUT2D eigenvalue weighted by atomic mass is 35.5. The minimum atomic E-state index is -0.260. The molecule has 0 radical (unpaired) electrons. The lowest BCUT2D eigenvalue weighted by Gasteiger charge is -2.05. The van der Waals surface area contributed by atoms with Gasteiger partial charge in [0.1, 0.15) is 5.75 Å². The van der Waals surface area contributed by atoms with E-state index in [1.807, 2.05) is 31.2 Å². The number of rotatable bonds is 6. The van der Waals surface area contributed by atoms with E-state index in [1.165, 1.54) is 4.68 Å². The monoisotopic (exact) mass is 299 g/mol. The molecule has 1 N–H and O–H groups in total. The molecule has 0 fully saturated rings. The Morgan fingerprint density at radius 3 is 2.50 bits per heavy atom. The maximum Gasteiger partial charge on any atom is 0.215 e. The highest BCUT2D eigenvalue weighted by Gasteiger charge is 2.08. The summed E-state index contributed by atoms with van der Waals surface area (Å²) in [6.07, 6.45) is 1.57. The van der Waals surface area contributed by atoms with Gasteiger partial charge in [0, 0.05) is 25.2 Å². The topological polar surface area (TPSA) is 39.1 Å². The van der Waals surface area contributed by atoms with E-state index in [0.29, 0.717) is 25.2 Å². The third kappa shape index (κ3) is 3.95. The van der Waals surface area contributed by atoms with Gasteiger partial charge in [-0.15, -0.1) is 12.4 Å². The molecule has 6 heteroatoms. The number of benzene rings is 1. The Labute approximate surface area is 124 Å². The molecule has 0 unspecified atom stereocenters. The van der Waals surface area contributed by atoms with E-state index < -0.39 is 0 Å². The molecule has 2 rings (SSSR count). The van der Waals surface area contributed by atoms with Gasteiger partial charge in [0.25, 0.3) is 0 Å². The van der Waals surface area contributed by atoms with Crippen LogP contribution in [0.1, 0.15) is 18.1 Å². The third-order valence-electron chi connectivity index (χ3n) is 2.95. The van der Waals surface area contributed by atoms with Gasteiger partial charge < -0.3 is 10.1 Å². The standard InChI is InChI=1S/C14H18FN3O.ClH/c1-3-18-14(15)12(10-17-18)9-16-8-11-4-6-13(19-2)7-5-11;/h4-7,10,16H,3,8-9H2,1-2H3;1H. The van der Waals surface area contributed by atoms with Crippen molar-refractivity contribution in [1.82, 2.24) is 15.1 Å². The highest BCUT2D eigenvalue weighted by Crippen LogP contribution is 2.11. The molecule has 110 valence electrons. The Hall–Kier alpha value is -1.59. The number of nitrogens with zero attached hydrogens (tertiary/aromatic N) is 2. The molecule has 0 aliphatic carbocycles. The lowest BCUT2D eigenvalue weighted by Crippen LogP contribution is -2.13. The molecule has 0 saturated heterocycles. The second kappa shape index (κ2) is 7.87. The van der Waals surface area contributed by atoms with E-state index >= 15 is 0 Å². The van der Waals surface area contributed by atoms with E-state index in [1.54, 1.807) is 13.3 Å². The quantitative estimate of drug-likeness (QED) is 0.891. The summed E-state index contributed by atoms with van der Waals surface area (Å²) in [7, 11) is 1.64. The zero-order valence-electron chi connectivity index (χ0n) is 11.6. The molecule has 1 heterocycles. The van der Waals surface area contributed by atoms with E-state index in [4.69, 9.17) is 4.74 Å². The molecule has 0 aliphatic heterocycles. The summed E-state index contributed by atoms with van der Waals surface area (Å²) in [4.78, 5) is 0. The van der Waals surface area contributed by atoms with Gasteiger partial charge in [-0.05, 0) is 24.6 Å². The number of hydrogen-bond donors (Lipinski definition) is 1. The SMILES string of the molecule is CCn1ncc(CNCc2ccc(OC)cc2)c1F.Cl. The van der Waals surface area contributed by atoms with Crippen LogP contribution in [0.2, 0.25) is 0 Å². The van der Waals surface area contributed by atoms with Crippen LogP contribution in [0.5, 0.6) is 5.75 Å². The van der Waals surface area contributed by atoms with Crippen LogP contribution in [-0.4, -0.2) is 16.9 Å². The van der Waals surface area contributed by atoms with Gasteiger partial charge in [-0.2, -0.15) is 9.49 Å². The molecule has 0 atom stereocenters. The molecular formula is C14H19ClFN3O. The van der Waals surface area contributed by atoms with Gasteiger partial charge in [-0.3, -0.25) is 0 Å². The van der Waals surface area contributed by atoms with E-state index in [-0.39, 0.29) is 18.4 Å². The Balaban J connectivity index is 0.00000200. The second-order valence-electron chi connectivity index (χ2n) is 4.23. The van der Waals surface area contributed by atoms with Crippen molar-refractivity contribution in [2.75, 3.05) is 7.11 Å². The van der Waals surface area contributed by atoms with Crippen molar-refractivity contribution in [3.63, 3.8) is 0 Å². The normalized spacial score (nSPS) is 10.2. The molecule has 1 aromatic heterocycles. The van der Waals surface area contributed by atoms with E-state index in [0.717, 1.165) is 11.3 Å². The summed E-state index contributed by atoms with van der Waals surface area (Å²) in [5, 5.41) is 7.17. The molecular weight excluding hydrogens is 281 g/mol. The van der Waals surface area contributed by atoms with Crippen molar-refractivity contribution in [2.24, 2.45) is 0 Å². The Bertz CT molecular complexity index is 528. The first-order chi connectivity index (χ1) is 9.24. The van der Waals surface area contributed by atoms with Crippen molar-refractivity contribution in [2.45, 2.75) is 26.6 Å². The summed E-state index contributed by atoms with van der Waals surface area (Å²) in [6, 6.07) is 7.79. The first-order valence-electron chi connectivity index (χ1n) is 6.28. The fourth-order valence-corrected chi connectivity index (χ4v) is 1.83. The first kappa shape index (κ1) is 16.5. The van der Waals surface area contributed by atoms with Gasteiger partial charge >= 0.3 is 0 Å². The summed E-state index contributed by atoms with van der Waals surface area (Å²) >= 11 is 0. The predicted molar refractivity (Wildman–Crippen MR) is 78.6 cm³/mol. The van der Waals surface area contributed by atoms with Crippen LogP contribution in [-0.2, 0) is 19.6 Å². The largest absolute Gasteiger partial charge is 0.497 e. The number of methoxy groups -OCH3 is 1. The smallest absolute Gasteiger partial charge is 0.215 e. The van der Waals surface area contributed by atoms with Crippen LogP contribution >= 0.6 is 12.4 Å². The van der Waals surface area contributed by atoms with Crippen LogP contribution in [0.3, 0.4) is 0 Å². The number of aryl methyl sites for hydroxylation is 1. The third-order valence-corrected chi connectivity index (χ3v) is 2.95.